The van der Waals surface area contributed by atoms with Gasteiger partial charge in [0, 0.05) is 18.8 Å². The molecule has 1 N–H and O–H groups in total. The maximum atomic E-state index is 12.0. The number of hydrogen-bond acceptors (Lipinski definition) is 4. The summed E-state index contributed by atoms with van der Waals surface area (Å²) in [5.41, 5.74) is 5.70. The second-order valence-electron chi connectivity index (χ2n) is 6.54. The molecule has 0 saturated heterocycles. The SMILES string of the molecule is CCN(CC)c1ccc(C=NNC(=O)COc2ccccc2C(C)C)cc1. The first-order valence-corrected chi connectivity index (χ1v) is 9.43. The summed E-state index contributed by atoms with van der Waals surface area (Å²) in [7, 11) is 0. The van der Waals surface area contributed by atoms with E-state index in [1.165, 1.54) is 5.69 Å². The van der Waals surface area contributed by atoms with Crippen molar-refractivity contribution in [3.05, 3.63) is 59.7 Å². The fraction of sp³-hybridized carbons (Fsp3) is 0.364. The molecule has 0 saturated carbocycles. The van der Waals surface area contributed by atoms with Gasteiger partial charge in [-0.2, -0.15) is 5.10 Å². The number of carbonyl (C=O) groups excluding carboxylic acids is 1. The molecule has 0 atom stereocenters. The van der Waals surface area contributed by atoms with Crippen molar-refractivity contribution < 1.29 is 9.53 Å². The van der Waals surface area contributed by atoms with Gasteiger partial charge in [0.15, 0.2) is 6.61 Å². The second kappa shape index (κ2) is 10.4. The molecule has 5 heteroatoms. The highest BCUT2D eigenvalue weighted by molar-refractivity contribution is 5.83. The van der Waals surface area contributed by atoms with Gasteiger partial charge in [-0.05, 0) is 49.1 Å². The summed E-state index contributed by atoms with van der Waals surface area (Å²) < 4.78 is 5.64. The number of ether oxygens (including phenoxy) is 1. The highest BCUT2D eigenvalue weighted by Crippen LogP contribution is 2.25. The van der Waals surface area contributed by atoms with E-state index >= 15 is 0 Å². The van der Waals surface area contributed by atoms with Gasteiger partial charge in [0.2, 0.25) is 0 Å². The van der Waals surface area contributed by atoms with Crippen molar-refractivity contribution in [3.8, 4) is 5.75 Å². The Morgan fingerprint density at radius 3 is 2.41 bits per heavy atom. The average Bonchev–Trinajstić information content (AvgIpc) is 2.68. The summed E-state index contributed by atoms with van der Waals surface area (Å²) in [5.74, 6) is 0.782. The maximum Gasteiger partial charge on any atom is 0.277 e. The van der Waals surface area contributed by atoms with Gasteiger partial charge in [-0.1, -0.05) is 44.2 Å². The zero-order chi connectivity index (χ0) is 19.6. The minimum atomic E-state index is -0.287. The molecule has 0 spiro atoms. The van der Waals surface area contributed by atoms with E-state index in [0.717, 1.165) is 30.0 Å². The zero-order valence-corrected chi connectivity index (χ0v) is 16.6. The average molecular weight is 367 g/mol. The van der Waals surface area contributed by atoms with E-state index in [2.05, 4.69) is 55.3 Å². The van der Waals surface area contributed by atoms with Crippen LogP contribution < -0.4 is 15.1 Å². The first-order valence-electron chi connectivity index (χ1n) is 9.43. The largest absolute Gasteiger partial charge is 0.483 e. The van der Waals surface area contributed by atoms with Crippen LogP contribution in [0.25, 0.3) is 0 Å². The van der Waals surface area contributed by atoms with Gasteiger partial charge in [0.1, 0.15) is 5.75 Å². The fourth-order valence-corrected chi connectivity index (χ4v) is 2.80. The monoisotopic (exact) mass is 367 g/mol. The Morgan fingerprint density at radius 2 is 1.78 bits per heavy atom. The number of amides is 1. The van der Waals surface area contributed by atoms with Crippen molar-refractivity contribution in [2.24, 2.45) is 5.10 Å². The number of carbonyl (C=O) groups is 1. The number of nitrogens with one attached hydrogen (secondary N) is 1. The van der Waals surface area contributed by atoms with Crippen molar-refractivity contribution in [1.82, 2.24) is 5.43 Å². The predicted octanol–water partition coefficient (Wildman–Crippen LogP) is 4.19. The lowest BCUT2D eigenvalue weighted by Gasteiger charge is -2.20. The summed E-state index contributed by atoms with van der Waals surface area (Å²) in [4.78, 5) is 14.2. The fourth-order valence-electron chi connectivity index (χ4n) is 2.80. The minimum absolute atomic E-state index is 0.0675. The first kappa shape index (κ1) is 20.5. The summed E-state index contributed by atoms with van der Waals surface area (Å²) in [6.07, 6.45) is 1.63. The Hall–Kier alpha value is -2.82. The number of hydrogen-bond donors (Lipinski definition) is 1. The molecule has 0 aliphatic heterocycles. The quantitative estimate of drug-likeness (QED) is 0.534. The molecule has 5 nitrogen and oxygen atoms in total. The number of rotatable bonds is 9. The maximum absolute atomic E-state index is 12.0. The number of hydrazone groups is 1. The standard InChI is InChI=1S/C22H29N3O2/c1-5-25(6-2)19-13-11-18(12-14-19)15-23-24-22(26)16-27-21-10-8-7-9-20(21)17(3)4/h7-15,17H,5-6,16H2,1-4H3,(H,24,26). The van der Waals surface area contributed by atoms with Crippen LogP contribution >= 0.6 is 0 Å². The minimum Gasteiger partial charge on any atom is -0.483 e. The van der Waals surface area contributed by atoms with Crippen LogP contribution in [0.2, 0.25) is 0 Å². The molecule has 0 unspecified atom stereocenters. The van der Waals surface area contributed by atoms with Gasteiger partial charge in [0.25, 0.3) is 5.91 Å². The lowest BCUT2D eigenvalue weighted by atomic mass is 10.0. The van der Waals surface area contributed by atoms with E-state index < -0.39 is 0 Å². The Bertz CT molecular complexity index is 750. The van der Waals surface area contributed by atoms with Gasteiger partial charge < -0.3 is 9.64 Å². The Labute approximate surface area is 162 Å². The molecule has 0 aromatic heterocycles. The third kappa shape index (κ3) is 6.13. The highest BCUT2D eigenvalue weighted by atomic mass is 16.5. The van der Waals surface area contributed by atoms with Crippen molar-refractivity contribution in [2.75, 3.05) is 24.6 Å². The van der Waals surface area contributed by atoms with Gasteiger partial charge in [-0.15, -0.1) is 0 Å². The number of nitrogens with zero attached hydrogens (tertiary/aromatic N) is 2. The van der Waals surface area contributed by atoms with Crippen molar-refractivity contribution in [3.63, 3.8) is 0 Å². The summed E-state index contributed by atoms with van der Waals surface area (Å²) >= 11 is 0. The van der Waals surface area contributed by atoms with E-state index in [0.29, 0.717) is 5.92 Å². The molecular weight excluding hydrogens is 338 g/mol. The van der Waals surface area contributed by atoms with Crippen LogP contribution in [-0.2, 0) is 4.79 Å². The summed E-state index contributed by atoms with van der Waals surface area (Å²) in [6.45, 7) is 10.3. The number of anilines is 1. The lowest BCUT2D eigenvalue weighted by molar-refractivity contribution is -0.123. The molecule has 2 aromatic rings. The van der Waals surface area contributed by atoms with E-state index in [1.807, 2.05) is 36.4 Å². The molecule has 0 aliphatic rings. The van der Waals surface area contributed by atoms with E-state index in [1.54, 1.807) is 6.21 Å². The lowest BCUT2D eigenvalue weighted by Crippen LogP contribution is -2.25. The molecular formula is C22H29N3O2. The number of benzene rings is 2. The van der Waals surface area contributed by atoms with Crippen LogP contribution in [0.4, 0.5) is 5.69 Å². The van der Waals surface area contributed by atoms with Gasteiger partial charge >= 0.3 is 0 Å². The molecule has 0 aliphatic carbocycles. The molecule has 2 rings (SSSR count). The van der Waals surface area contributed by atoms with Crippen LogP contribution in [-0.4, -0.2) is 31.8 Å². The highest BCUT2D eigenvalue weighted by Gasteiger charge is 2.08. The Morgan fingerprint density at radius 1 is 1.11 bits per heavy atom. The molecule has 0 radical (unpaired) electrons. The second-order valence-corrected chi connectivity index (χ2v) is 6.54. The first-order chi connectivity index (χ1) is 13.0. The van der Waals surface area contributed by atoms with Crippen LogP contribution in [0.1, 0.15) is 44.7 Å². The molecule has 0 bridgehead atoms. The van der Waals surface area contributed by atoms with E-state index in [9.17, 15) is 4.79 Å². The number of para-hydroxylation sites is 1. The van der Waals surface area contributed by atoms with Crippen LogP contribution in [0.15, 0.2) is 53.6 Å². The molecule has 0 heterocycles. The van der Waals surface area contributed by atoms with Crippen molar-refractivity contribution in [1.29, 1.82) is 0 Å². The van der Waals surface area contributed by atoms with Crippen LogP contribution in [0, 0.1) is 0 Å². The van der Waals surface area contributed by atoms with Crippen LogP contribution in [0.5, 0.6) is 5.75 Å². The normalized spacial score (nSPS) is 11.0. The summed E-state index contributed by atoms with van der Waals surface area (Å²) in [5, 5.41) is 4.01. The third-order valence-corrected chi connectivity index (χ3v) is 4.32. The molecule has 27 heavy (non-hydrogen) atoms. The predicted molar refractivity (Wildman–Crippen MR) is 112 cm³/mol. The smallest absolute Gasteiger partial charge is 0.277 e. The zero-order valence-electron chi connectivity index (χ0n) is 16.6. The Kier molecular flexibility index (Phi) is 7.86. The summed E-state index contributed by atoms with van der Waals surface area (Å²) in [6, 6.07) is 15.8. The van der Waals surface area contributed by atoms with Crippen molar-refractivity contribution >= 4 is 17.8 Å². The van der Waals surface area contributed by atoms with Crippen molar-refractivity contribution in [2.45, 2.75) is 33.6 Å². The van der Waals surface area contributed by atoms with E-state index in [-0.39, 0.29) is 12.5 Å². The molecule has 1 amide bonds. The van der Waals surface area contributed by atoms with E-state index in [4.69, 9.17) is 4.74 Å². The molecule has 144 valence electrons. The van der Waals surface area contributed by atoms with Gasteiger partial charge in [-0.25, -0.2) is 5.43 Å². The topological polar surface area (TPSA) is 53.9 Å². The van der Waals surface area contributed by atoms with Crippen LogP contribution in [0.3, 0.4) is 0 Å². The Balaban J connectivity index is 1.85. The van der Waals surface area contributed by atoms with Gasteiger partial charge in [-0.3, -0.25) is 4.79 Å². The third-order valence-electron chi connectivity index (χ3n) is 4.32. The van der Waals surface area contributed by atoms with Gasteiger partial charge in [0.05, 0.1) is 6.21 Å². The molecule has 2 aromatic carbocycles. The molecule has 0 fully saturated rings.